The van der Waals surface area contributed by atoms with Crippen LogP contribution in [0.3, 0.4) is 0 Å². The molecule has 6 nitrogen and oxygen atoms in total. The summed E-state index contributed by atoms with van der Waals surface area (Å²) in [6.45, 7) is 6.57. The van der Waals surface area contributed by atoms with E-state index in [0.29, 0.717) is 24.9 Å². The summed E-state index contributed by atoms with van der Waals surface area (Å²) < 4.78 is 4.97. The first-order chi connectivity index (χ1) is 13.5. The molecule has 0 saturated carbocycles. The highest BCUT2D eigenvalue weighted by Gasteiger charge is 2.27. The number of para-hydroxylation sites is 1. The van der Waals surface area contributed by atoms with E-state index in [1.54, 1.807) is 11.8 Å². The molecule has 2 aromatic rings. The predicted octanol–water partition coefficient (Wildman–Crippen LogP) is 2.99. The number of amides is 2. The van der Waals surface area contributed by atoms with Crippen LogP contribution in [-0.4, -0.2) is 31.2 Å². The number of nitrogens with one attached hydrogen (secondary N) is 1. The average Bonchev–Trinajstić information content (AvgIpc) is 2.83. The van der Waals surface area contributed by atoms with E-state index in [2.05, 4.69) is 25.2 Å². The molecule has 0 saturated heterocycles. The normalized spacial score (nSPS) is 12.8. The Balaban J connectivity index is 2.01. The van der Waals surface area contributed by atoms with Gasteiger partial charge in [0.2, 0.25) is 0 Å². The number of benzene rings is 2. The van der Waals surface area contributed by atoms with Gasteiger partial charge < -0.3 is 10.1 Å². The predicted molar refractivity (Wildman–Crippen MR) is 110 cm³/mol. The molecular weight excluding hydrogens is 354 g/mol. The molecule has 6 heteroatoms. The number of aryl methyl sites for hydroxylation is 2. The number of rotatable bonds is 5. The lowest BCUT2D eigenvalue weighted by Crippen LogP contribution is -2.90. The van der Waals surface area contributed by atoms with Crippen molar-refractivity contribution < 1.29 is 19.6 Å². The van der Waals surface area contributed by atoms with Crippen molar-refractivity contribution in [1.29, 1.82) is 0 Å². The first-order valence-electron chi connectivity index (χ1n) is 9.80. The molecule has 0 fully saturated rings. The molecular formula is C22H28N3O3+. The molecule has 0 bridgehead atoms. The van der Waals surface area contributed by atoms with Crippen LogP contribution in [0.25, 0.3) is 0 Å². The molecule has 0 aliphatic carbocycles. The maximum absolute atomic E-state index is 13.2. The van der Waals surface area contributed by atoms with E-state index in [1.165, 1.54) is 0 Å². The van der Waals surface area contributed by atoms with Crippen LogP contribution in [0.5, 0.6) is 0 Å². The van der Waals surface area contributed by atoms with Gasteiger partial charge in [-0.05, 0) is 62.9 Å². The van der Waals surface area contributed by atoms with E-state index in [1.807, 2.05) is 41.7 Å². The van der Waals surface area contributed by atoms with Crippen LogP contribution in [0.15, 0.2) is 42.5 Å². The third-order valence-corrected chi connectivity index (χ3v) is 4.76. The molecule has 1 aliphatic heterocycles. The fraction of sp³-hybridized carbons (Fsp3) is 0.364. The molecule has 3 N–H and O–H groups in total. The topological polar surface area (TPSA) is 75.2 Å². The maximum Gasteiger partial charge on any atom is 0.411 e. The van der Waals surface area contributed by atoms with E-state index in [0.717, 1.165) is 35.3 Å². The lowest BCUT2D eigenvalue weighted by atomic mass is 10.0. The Morgan fingerprint density at radius 2 is 1.82 bits per heavy atom. The summed E-state index contributed by atoms with van der Waals surface area (Å²) in [6.07, 6.45) is 1.21. The summed E-state index contributed by atoms with van der Waals surface area (Å²) in [5.74, 6) is 0.0255. The van der Waals surface area contributed by atoms with Crippen molar-refractivity contribution in [2.75, 3.05) is 23.4 Å². The van der Waals surface area contributed by atoms with Crippen LogP contribution in [0.4, 0.5) is 21.9 Å². The van der Waals surface area contributed by atoms with Crippen molar-refractivity contribution in [2.24, 2.45) is 0 Å². The second-order valence-electron chi connectivity index (χ2n) is 7.23. The zero-order chi connectivity index (χ0) is 20.1. The SMILES string of the molecule is CCOC(=O)Nc1ccc2c(c1)N(C(=O)C[NH2+]C(C)C)c1ccccc1CC2. The third kappa shape index (κ3) is 4.51. The monoisotopic (exact) mass is 382 g/mol. The molecule has 0 atom stereocenters. The Bertz CT molecular complexity index is 864. The average molecular weight is 382 g/mol. The fourth-order valence-corrected chi connectivity index (χ4v) is 3.38. The van der Waals surface area contributed by atoms with Gasteiger partial charge in [-0.25, -0.2) is 4.79 Å². The van der Waals surface area contributed by atoms with Gasteiger partial charge in [0, 0.05) is 5.69 Å². The van der Waals surface area contributed by atoms with Crippen molar-refractivity contribution in [1.82, 2.24) is 0 Å². The van der Waals surface area contributed by atoms with Gasteiger partial charge in [-0.2, -0.15) is 0 Å². The van der Waals surface area contributed by atoms with E-state index < -0.39 is 6.09 Å². The molecule has 1 heterocycles. The van der Waals surface area contributed by atoms with Crippen LogP contribution in [-0.2, 0) is 22.4 Å². The smallest absolute Gasteiger partial charge is 0.411 e. The van der Waals surface area contributed by atoms with E-state index in [4.69, 9.17) is 4.74 Å². The second kappa shape index (κ2) is 8.89. The number of hydrogen-bond donors (Lipinski definition) is 2. The Morgan fingerprint density at radius 3 is 2.54 bits per heavy atom. The number of ether oxygens (including phenoxy) is 1. The molecule has 0 unspecified atom stereocenters. The van der Waals surface area contributed by atoms with Crippen LogP contribution < -0.4 is 15.5 Å². The number of carbonyl (C=O) groups is 2. The van der Waals surface area contributed by atoms with E-state index >= 15 is 0 Å². The Kier molecular flexibility index (Phi) is 6.31. The standard InChI is InChI=1S/C22H27N3O3/c1-4-28-22(27)24-18-12-11-17-10-9-16-7-5-6-8-19(16)25(20(17)13-18)21(26)14-23-15(2)3/h5-8,11-13,15,23H,4,9-10,14H2,1-3H3,(H,24,27)/p+1. The molecule has 28 heavy (non-hydrogen) atoms. The minimum atomic E-state index is -0.498. The summed E-state index contributed by atoms with van der Waals surface area (Å²) in [7, 11) is 0. The van der Waals surface area contributed by atoms with Crippen molar-refractivity contribution in [2.45, 2.75) is 39.7 Å². The lowest BCUT2D eigenvalue weighted by Gasteiger charge is -2.25. The zero-order valence-electron chi connectivity index (χ0n) is 16.7. The molecule has 0 spiro atoms. The largest absolute Gasteiger partial charge is 0.450 e. The summed E-state index contributed by atoms with van der Waals surface area (Å²) >= 11 is 0. The Morgan fingerprint density at radius 1 is 1.11 bits per heavy atom. The quantitative estimate of drug-likeness (QED) is 0.835. The number of fused-ring (bicyclic) bond motifs is 2. The highest BCUT2D eigenvalue weighted by molar-refractivity contribution is 6.03. The molecule has 0 radical (unpaired) electrons. The molecule has 3 rings (SSSR count). The molecule has 2 amide bonds. The first-order valence-corrected chi connectivity index (χ1v) is 9.80. The number of nitrogens with zero attached hydrogens (tertiary/aromatic N) is 1. The van der Waals surface area contributed by atoms with Gasteiger partial charge in [0.05, 0.1) is 24.0 Å². The molecule has 148 valence electrons. The van der Waals surface area contributed by atoms with Crippen molar-refractivity contribution >= 4 is 29.1 Å². The van der Waals surface area contributed by atoms with Gasteiger partial charge in [0.1, 0.15) is 0 Å². The number of nitrogens with two attached hydrogens (primary N) is 1. The van der Waals surface area contributed by atoms with Crippen molar-refractivity contribution in [3.8, 4) is 0 Å². The van der Waals surface area contributed by atoms with Crippen LogP contribution >= 0.6 is 0 Å². The summed E-state index contributed by atoms with van der Waals surface area (Å²) in [6, 6.07) is 14.1. The molecule has 0 aromatic heterocycles. The highest BCUT2D eigenvalue weighted by Crippen LogP contribution is 2.37. The fourth-order valence-electron chi connectivity index (χ4n) is 3.38. The zero-order valence-corrected chi connectivity index (χ0v) is 16.7. The minimum absolute atomic E-state index is 0.0255. The van der Waals surface area contributed by atoms with Gasteiger partial charge in [-0.1, -0.05) is 24.3 Å². The number of anilines is 3. The Hall–Kier alpha value is -2.86. The van der Waals surface area contributed by atoms with Crippen molar-refractivity contribution in [3.05, 3.63) is 53.6 Å². The first kappa shape index (κ1) is 19.9. The van der Waals surface area contributed by atoms with Gasteiger partial charge in [-0.3, -0.25) is 15.0 Å². The highest BCUT2D eigenvalue weighted by atomic mass is 16.5. The van der Waals surface area contributed by atoms with E-state index in [9.17, 15) is 9.59 Å². The number of carbonyl (C=O) groups excluding carboxylic acids is 2. The van der Waals surface area contributed by atoms with Gasteiger partial charge >= 0.3 is 6.09 Å². The minimum Gasteiger partial charge on any atom is -0.450 e. The maximum atomic E-state index is 13.2. The summed E-state index contributed by atoms with van der Waals surface area (Å²) in [5.41, 5.74) is 4.58. The molecule has 2 aromatic carbocycles. The van der Waals surface area contributed by atoms with Crippen LogP contribution in [0, 0.1) is 0 Å². The number of quaternary nitrogens is 1. The number of hydrogen-bond acceptors (Lipinski definition) is 3. The van der Waals surface area contributed by atoms with Gasteiger partial charge in [-0.15, -0.1) is 0 Å². The lowest BCUT2D eigenvalue weighted by molar-refractivity contribution is -0.672. The third-order valence-electron chi connectivity index (χ3n) is 4.76. The van der Waals surface area contributed by atoms with Crippen LogP contribution in [0.1, 0.15) is 31.9 Å². The van der Waals surface area contributed by atoms with Crippen molar-refractivity contribution in [3.63, 3.8) is 0 Å². The summed E-state index contributed by atoms with van der Waals surface area (Å²) in [5, 5.41) is 4.76. The van der Waals surface area contributed by atoms with Crippen LogP contribution in [0.2, 0.25) is 0 Å². The second-order valence-corrected chi connectivity index (χ2v) is 7.23. The summed E-state index contributed by atoms with van der Waals surface area (Å²) in [4.78, 5) is 26.8. The van der Waals surface area contributed by atoms with E-state index in [-0.39, 0.29) is 5.91 Å². The Labute approximate surface area is 165 Å². The molecule has 1 aliphatic rings. The van der Waals surface area contributed by atoms with Gasteiger partial charge in [0.15, 0.2) is 6.54 Å². The van der Waals surface area contributed by atoms with Gasteiger partial charge in [0.25, 0.3) is 5.91 Å².